The van der Waals surface area contributed by atoms with Crippen molar-refractivity contribution in [1.82, 2.24) is 0 Å². The largest absolute Gasteiger partial charge is 0.417 e. The van der Waals surface area contributed by atoms with E-state index in [0.29, 0.717) is 4.90 Å². The minimum atomic E-state index is -4.29. The highest BCUT2D eigenvalue weighted by molar-refractivity contribution is 7.98. The Kier molecular flexibility index (Phi) is 2.67. The Hall–Kier alpha value is -0.640. The molecule has 0 saturated carbocycles. The maximum atomic E-state index is 12.1. The predicted molar refractivity (Wildman–Crippen MR) is 42.1 cm³/mol. The molecular weight excluding hydrogens is 185 g/mol. The standard InChI is InChI=1S/C8H6F3S/c1-12-7-4-2-3-6(5-7)8(9,10)11/h2,4-5H,1H3. The molecule has 0 spiro atoms. The van der Waals surface area contributed by atoms with Crippen molar-refractivity contribution in [2.45, 2.75) is 11.1 Å². The van der Waals surface area contributed by atoms with Gasteiger partial charge in [0.05, 0.1) is 5.56 Å². The number of halogens is 3. The van der Waals surface area contributed by atoms with Crippen LogP contribution in [0.25, 0.3) is 0 Å². The molecule has 1 radical (unpaired) electrons. The number of hydrogen-bond donors (Lipinski definition) is 0. The maximum absolute atomic E-state index is 12.1. The first-order valence-electron chi connectivity index (χ1n) is 3.17. The van der Waals surface area contributed by atoms with Crippen LogP contribution in [0.4, 0.5) is 13.2 Å². The van der Waals surface area contributed by atoms with Gasteiger partial charge < -0.3 is 0 Å². The smallest absolute Gasteiger partial charge is 0.166 e. The minimum absolute atomic E-state index is 0.598. The molecule has 0 aliphatic rings. The van der Waals surface area contributed by atoms with Crippen LogP contribution in [0.15, 0.2) is 23.1 Å². The van der Waals surface area contributed by atoms with Crippen LogP contribution in [0.1, 0.15) is 5.56 Å². The summed E-state index contributed by atoms with van der Waals surface area (Å²) in [6.45, 7) is 0. The van der Waals surface area contributed by atoms with Gasteiger partial charge in [-0.2, -0.15) is 13.2 Å². The first-order valence-corrected chi connectivity index (χ1v) is 4.39. The molecule has 4 heteroatoms. The fraction of sp³-hybridized carbons (Fsp3) is 0.250. The summed E-state index contributed by atoms with van der Waals surface area (Å²) in [5.74, 6) is 0. The monoisotopic (exact) mass is 191 g/mol. The van der Waals surface area contributed by atoms with E-state index in [1.54, 1.807) is 12.3 Å². The van der Waals surface area contributed by atoms with Gasteiger partial charge in [-0.15, -0.1) is 11.8 Å². The van der Waals surface area contributed by atoms with Gasteiger partial charge in [0.2, 0.25) is 0 Å². The molecule has 0 bridgehead atoms. The van der Waals surface area contributed by atoms with Gasteiger partial charge in [0, 0.05) is 4.90 Å². The minimum Gasteiger partial charge on any atom is -0.166 e. The fourth-order valence-corrected chi connectivity index (χ4v) is 1.18. The van der Waals surface area contributed by atoms with Crippen molar-refractivity contribution in [1.29, 1.82) is 0 Å². The number of benzene rings is 1. The summed E-state index contributed by atoms with van der Waals surface area (Å²) in [5, 5.41) is 0. The van der Waals surface area contributed by atoms with Crippen molar-refractivity contribution in [3.63, 3.8) is 0 Å². The van der Waals surface area contributed by atoms with Gasteiger partial charge in [0.15, 0.2) is 0 Å². The van der Waals surface area contributed by atoms with Crippen LogP contribution >= 0.6 is 11.8 Å². The van der Waals surface area contributed by atoms with Gasteiger partial charge in [-0.05, 0) is 24.5 Å². The molecule has 0 unspecified atom stereocenters. The first-order chi connectivity index (χ1) is 5.54. The zero-order chi connectivity index (χ0) is 9.19. The summed E-state index contributed by atoms with van der Waals surface area (Å²) in [7, 11) is 0. The van der Waals surface area contributed by atoms with Gasteiger partial charge in [0.25, 0.3) is 0 Å². The molecular formula is C8H6F3S. The number of hydrogen-bond acceptors (Lipinski definition) is 1. The van der Waals surface area contributed by atoms with E-state index in [4.69, 9.17) is 0 Å². The fourth-order valence-electron chi connectivity index (χ4n) is 0.736. The molecule has 0 atom stereocenters. The molecule has 0 aromatic heterocycles. The van der Waals surface area contributed by atoms with Crippen LogP contribution in [0.2, 0.25) is 0 Å². The lowest BCUT2D eigenvalue weighted by atomic mass is 10.2. The van der Waals surface area contributed by atoms with Crippen molar-refractivity contribution >= 4 is 11.8 Å². The number of rotatable bonds is 1. The molecule has 0 nitrogen and oxygen atoms in total. The van der Waals surface area contributed by atoms with E-state index in [1.807, 2.05) is 0 Å². The number of thioether (sulfide) groups is 1. The Morgan fingerprint density at radius 1 is 1.42 bits per heavy atom. The van der Waals surface area contributed by atoms with Gasteiger partial charge in [0.1, 0.15) is 0 Å². The molecule has 1 rings (SSSR count). The molecule has 12 heavy (non-hydrogen) atoms. The second kappa shape index (κ2) is 3.39. The van der Waals surface area contributed by atoms with Crippen molar-refractivity contribution in [3.8, 4) is 0 Å². The summed E-state index contributed by atoms with van der Waals surface area (Å²) in [4.78, 5) is 0.598. The topological polar surface area (TPSA) is 0 Å². The molecule has 0 heterocycles. The number of alkyl halides is 3. The van der Waals surface area contributed by atoms with Crippen molar-refractivity contribution in [2.24, 2.45) is 0 Å². The maximum Gasteiger partial charge on any atom is 0.417 e. The molecule has 0 saturated heterocycles. The Morgan fingerprint density at radius 2 is 2.08 bits per heavy atom. The molecule has 0 amide bonds. The third-order valence-corrected chi connectivity index (χ3v) is 2.04. The second-order valence-electron chi connectivity index (χ2n) is 2.14. The summed E-state index contributed by atoms with van der Waals surface area (Å²) >= 11 is 1.28. The van der Waals surface area contributed by atoms with E-state index in [0.717, 1.165) is 6.07 Å². The molecule has 0 aliphatic carbocycles. The van der Waals surface area contributed by atoms with Crippen LogP contribution in [-0.4, -0.2) is 6.26 Å². The van der Waals surface area contributed by atoms with Crippen LogP contribution in [-0.2, 0) is 6.18 Å². The molecule has 0 aliphatic heterocycles. The van der Waals surface area contributed by atoms with Gasteiger partial charge in [-0.3, -0.25) is 0 Å². The van der Waals surface area contributed by atoms with E-state index in [1.165, 1.54) is 17.8 Å². The molecule has 0 N–H and O–H groups in total. The van der Waals surface area contributed by atoms with Crippen molar-refractivity contribution in [2.75, 3.05) is 6.26 Å². The molecule has 65 valence electrons. The lowest BCUT2D eigenvalue weighted by Gasteiger charge is -2.06. The Labute approximate surface area is 72.8 Å². The van der Waals surface area contributed by atoms with E-state index in [-0.39, 0.29) is 0 Å². The third kappa shape index (κ3) is 2.17. The Morgan fingerprint density at radius 3 is 2.58 bits per heavy atom. The van der Waals surface area contributed by atoms with Crippen LogP contribution in [0, 0.1) is 6.07 Å². The highest BCUT2D eigenvalue weighted by atomic mass is 32.2. The van der Waals surface area contributed by atoms with Gasteiger partial charge in [-0.1, -0.05) is 6.07 Å². The lowest BCUT2D eigenvalue weighted by Crippen LogP contribution is -2.04. The molecule has 1 aromatic carbocycles. The quantitative estimate of drug-likeness (QED) is 0.614. The lowest BCUT2D eigenvalue weighted by molar-refractivity contribution is -0.137. The first kappa shape index (κ1) is 9.45. The SMILES string of the molecule is CSc1cc[c]c(C(F)(F)F)c1. The predicted octanol–water partition coefficient (Wildman–Crippen LogP) is 3.23. The summed E-state index contributed by atoms with van der Waals surface area (Å²) in [6.07, 6.45) is -2.55. The van der Waals surface area contributed by atoms with Gasteiger partial charge >= 0.3 is 6.18 Å². The van der Waals surface area contributed by atoms with Crippen molar-refractivity contribution in [3.05, 3.63) is 29.8 Å². The van der Waals surface area contributed by atoms with E-state index in [2.05, 4.69) is 6.07 Å². The van der Waals surface area contributed by atoms with Crippen LogP contribution < -0.4 is 0 Å². The highest BCUT2D eigenvalue weighted by Crippen LogP contribution is 2.30. The second-order valence-corrected chi connectivity index (χ2v) is 3.02. The summed E-state index contributed by atoms with van der Waals surface area (Å²) in [6, 6.07) is 6.12. The third-order valence-electron chi connectivity index (χ3n) is 1.31. The zero-order valence-corrected chi connectivity index (χ0v) is 7.09. The van der Waals surface area contributed by atoms with Crippen LogP contribution in [0.5, 0.6) is 0 Å². The summed E-state index contributed by atoms with van der Waals surface area (Å²) in [5.41, 5.74) is -0.714. The normalized spacial score (nSPS) is 11.7. The highest BCUT2D eigenvalue weighted by Gasteiger charge is 2.30. The van der Waals surface area contributed by atoms with E-state index < -0.39 is 11.7 Å². The molecule has 0 fully saturated rings. The van der Waals surface area contributed by atoms with E-state index >= 15 is 0 Å². The Balaban J connectivity index is 3.02. The zero-order valence-electron chi connectivity index (χ0n) is 6.27. The molecule has 1 aromatic rings. The Bertz CT molecular complexity index is 267. The van der Waals surface area contributed by atoms with Gasteiger partial charge in [-0.25, -0.2) is 0 Å². The van der Waals surface area contributed by atoms with E-state index in [9.17, 15) is 13.2 Å². The van der Waals surface area contributed by atoms with Crippen LogP contribution in [0.3, 0.4) is 0 Å². The summed E-state index contributed by atoms with van der Waals surface area (Å²) < 4.78 is 36.2. The average molecular weight is 191 g/mol. The average Bonchev–Trinajstić information content (AvgIpc) is 2.03. The van der Waals surface area contributed by atoms with Crippen molar-refractivity contribution < 1.29 is 13.2 Å².